The summed E-state index contributed by atoms with van der Waals surface area (Å²) in [6, 6.07) is 21.8. The summed E-state index contributed by atoms with van der Waals surface area (Å²) in [6.45, 7) is 0. The maximum atomic E-state index is 12.7. The second kappa shape index (κ2) is 10.9. The number of hydrogen-bond donors (Lipinski definition) is 1. The van der Waals surface area contributed by atoms with Crippen LogP contribution in [0, 0.1) is 0 Å². The molecule has 0 atom stereocenters. The Morgan fingerprint density at radius 1 is 1.00 bits per heavy atom. The summed E-state index contributed by atoms with van der Waals surface area (Å²) in [5.41, 5.74) is 3.01. The van der Waals surface area contributed by atoms with Crippen molar-refractivity contribution in [1.82, 2.24) is 24.7 Å². The molecule has 0 fully saturated rings. The summed E-state index contributed by atoms with van der Waals surface area (Å²) in [6.07, 6.45) is 6.02. The van der Waals surface area contributed by atoms with Crippen molar-refractivity contribution >= 4 is 50.1 Å². The molecular formula is C25H19BrN6OS2. The minimum absolute atomic E-state index is 0.146. The molecule has 7 nitrogen and oxygen atoms in total. The number of pyridine rings is 1. The minimum Gasteiger partial charge on any atom is -0.301 e. The van der Waals surface area contributed by atoms with E-state index in [0.29, 0.717) is 16.1 Å². The van der Waals surface area contributed by atoms with Crippen molar-refractivity contribution in [2.24, 2.45) is 0 Å². The molecule has 0 saturated heterocycles. The molecule has 35 heavy (non-hydrogen) atoms. The van der Waals surface area contributed by atoms with E-state index in [1.165, 1.54) is 28.7 Å². The van der Waals surface area contributed by atoms with Gasteiger partial charge in [0.25, 0.3) is 0 Å². The van der Waals surface area contributed by atoms with E-state index >= 15 is 0 Å². The number of nitrogens with one attached hydrogen (secondary N) is 1. The summed E-state index contributed by atoms with van der Waals surface area (Å²) in [4.78, 5) is 22.2. The van der Waals surface area contributed by atoms with Crippen LogP contribution in [0.5, 0.6) is 0 Å². The van der Waals surface area contributed by atoms with Gasteiger partial charge < -0.3 is 5.32 Å². The molecule has 1 N–H and O–H groups in total. The molecule has 0 saturated carbocycles. The second-order valence-electron chi connectivity index (χ2n) is 7.48. The Kier molecular flexibility index (Phi) is 7.31. The van der Waals surface area contributed by atoms with Gasteiger partial charge in [-0.3, -0.25) is 14.3 Å². The minimum atomic E-state index is -0.146. The number of para-hydroxylation sites is 1. The molecule has 5 rings (SSSR count). The number of nitrogens with zero attached hydrogens (tertiary/aromatic N) is 5. The van der Waals surface area contributed by atoms with Gasteiger partial charge in [0.1, 0.15) is 0 Å². The van der Waals surface area contributed by atoms with Gasteiger partial charge in [0.05, 0.1) is 5.75 Å². The van der Waals surface area contributed by atoms with Crippen LogP contribution in [-0.2, 0) is 11.2 Å². The van der Waals surface area contributed by atoms with Gasteiger partial charge in [-0.2, -0.15) is 0 Å². The van der Waals surface area contributed by atoms with Crippen molar-refractivity contribution in [3.63, 3.8) is 0 Å². The summed E-state index contributed by atoms with van der Waals surface area (Å²) < 4.78 is 3.00. The van der Waals surface area contributed by atoms with Gasteiger partial charge in [0.15, 0.2) is 16.1 Å². The average molecular weight is 564 g/mol. The molecule has 0 unspecified atom stereocenters. The zero-order valence-corrected chi connectivity index (χ0v) is 21.6. The lowest BCUT2D eigenvalue weighted by molar-refractivity contribution is -0.113. The quantitative estimate of drug-likeness (QED) is 0.238. The average Bonchev–Trinajstić information content (AvgIpc) is 3.52. The monoisotopic (exact) mass is 562 g/mol. The number of carbonyl (C=O) groups excluding carboxylic acids is 1. The molecule has 0 aliphatic rings. The number of thiazole rings is 1. The molecule has 1 amide bonds. The number of hydrogen-bond acceptors (Lipinski definition) is 7. The maximum absolute atomic E-state index is 12.7. The Labute approximate surface area is 218 Å². The first-order chi connectivity index (χ1) is 17.2. The van der Waals surface area contributed by atoms with Crippen molar-refractivity contribution in [3.8, 4) is 17.1 Å². The fourth-order valence-electron chi connectivity index (χ4n) is 3.40. The highest BCUT2D eigenvalue weighted by atomic mass is 79.9. The zero-order valence-electron chi connectivity index (χ0n) is 18.3. The van der Waals surface area contributed by atoms with Crippen LogP contribution < -0.4 is 5.32 Å². The lowest BCUT2D eigenvalue weighted by Gasteiger charge is -2.10. The van der Waals surface area contributed by atoms with Crippen LogP contribution in [0.4, 0.5) is 5.13 Å². The van der Waals surface area contributed by atoms with Crippen molar-refractivity contribution in [2.45, 2.75) is 11.6 Å². The van der Waals surface area contributed by atoms with Gasteiger partial charge in [0.2, 0.25) is 5.91 Å². The highest BCUT2D eigenvalue weighted by Crippen LogP contribution is 2.28. The summed E-state index contributed by atoms with van der Waals surface area (Å²) >= 11 is 6.26. The summed E-state index contributed by atoms with van der Waals surface area (Å²) in [5.74, 6) is 0.731. The van der Waals surface area contributed by atoms with Crippen LogP contribution in [0.15, 0.2) is 94.9 Å². The lowest BCUT2D eigenvalue weighted by atomic mass is 10.1. The van der Waals surface area contributed by atoms with Gasteiger partial charge in [0, 0.05) is 45.6 Å². The first-order valence-electron chi connectivity index (χ1n) is 10.7. The second-order valence-corrected chi connectivity index (χ2v) is 10.5. The molecule has 0 aliphatic carbocycles. The Morgan fingerprint density at radius 3 is 2.54 bits per heavy atom. The third-order valence-corrected chi connectivity index (χ3v) is 7.38. The van der Waals surface area contributed by atoms with E-state index in [0.717, 1.165) is 27.0 Å². The van der Waals surface area contributed by atoms with Gasteiger partial charge in [-0.05, 0) is 42.0 Å². The number of thioether (sulfide) groups is 1. The molecule has 2 aromatic carbocycles. The van der Waals surface area contributed by atoms with Crippen molar-refractivity contribution in [2.75, 3.05) is 11.1 Å². The molecular weight excluding hydrogens is 544 g/mol. The topological polar surface area (TPSA) is 85.6 Å². The largest absolute Gasteiger partial charge is 0.301 e. The van der Waals surface area contributed by atoms with E-state index in [-0.39, 0.29) is 11.7 Å². The Morgan fingerprint density at radius 2 is 1.77 bits per heavy atom. The molecule has 174 valence electrons. The molecule has 3 heterocycles. The molecule has 10 heteroatoms. The normalized spacial score (nSPS) is 10.9. The number of amides is 1. The van der Waals surface area contributed by atoms with Crippen molar-refractivity contribution in [1.29, 1.82) is 0 Å². The molecule has 0 spiro atoms. The number of aromatic nitrogens is 5. The number of benzene rings is 2. The molecule has 0 bridgehead atoms. The van der Waals surface area contributed by atoms with Gasteiger partial charge in [-0.1, -0.05) is 58.0 Å². The fourth-order valence-corrected chi connectivity index (χ4v) is 5.28. The number of carbonyl (C=O) groups is 1. The molecule has 0 aliphatic heterocycles. The maximum Gasteiger partial charge on any atom is 0.236 e. The van der Waals surface area contributed by atoms with E-state index in [4.69, 9.17) is 0 Å². The van der Waals surface area contributed by atoms with E-state index in [2.05, 4.69) is 53.5 Å². The number of rotatable bonds is 8. The van der Waals surface area contributed by atoms with Crippen LogP contribution in [0.2, 0.25) is 0 Å². The first kappa shape index (κ1) is 23.4. The lowest BCUT2D eigenvalue weighted by Crippen LogP contribution is -2.14. The predicted molar refractivity (Wildman–Crippen MR) is 143 cm³/mol. The Bertz CT molecular complexity index is 1420. The van der Waals surface area contributed by atoms with E-state index < -0.39 is 0 Å². The molecule has 0 radical (unpaired) electrons. The van der Waals surface area contributed by atoms with Gasteiger partial charge in [-0.15, -0.1) is 21.5 Å². The van der Waals surface area contributed by atoms with Crippen LogP contribution in [0.3, 0.4) is 0 Å². The summed E-state index contributed by atoms with van der Waals surface area (Å²) in [5, 5.41) is 12.9. The summed E-state index contributed by atoms with van der Waals surface area (Å²) in [7, 11) is 0. The van der Waals surface area contributed by atoms with Gasteiger partial charge >= 0.3 is 0 Å². The van der Waals surface area contributed by atoms with Crippen LogP contribution >= 0.6 is 39.0 Å². The number of anilines is 1. The van der Waals surface area contributed by atoms with Crippen LogP contribution in [-0.4, -0.2) is 36.4 Å². The number of halogens is 1. The first-order valence-corrected chi connectivity index (χ1v) is 13.3. The Balaban J connectivity index is 1.27. The zero-order chi connectivity index (χ0) is 24.0. The fraction of sp³-hybridized carbons (Fsp3) is 0.0800. The SMILES string of the molecule is O=C(CSc1nnc(-c2ccncc2)n1-c1ccccc1)Nc1ncc(Cc2ccc(Br)cc2)s1. The highest BCUT2D eigenvalue weighted by molar-refractivity contribution is 9.10. The van der Waals surface area contributed by atoms with Crippen molar-refractivity contribution < 1.29 is 4.79 Å². The molecule has 5 aromatic rings. The Hall–Kier alpha value is -3.34. The third kappa shape index (κ3) is 5.84. The van der Waals surface area contributed by atoms with E-state index in [9.17, 15) is 4.79 Å². The van der Waals surface area contributed by atoms with Crippen LogP contribution in [0.25, 0.3) is 17.1 Å². The molecule has 3 aromatic heterocycles. The smallest absolute Gasteiger partial charge is 0.236 e. The van der Waals surface area contributed by atoms with E-state index in [1.54, 1.807) is 12.4 Å². The predicted octanol–water partition coefficient (Wildman–Crippen LogP) is 5.87. The standard InChI is InChI=1S/C25H19BrN6OS2/c26-19-8-6-17(7-9-19)14-21-15-28-24(35-21)29-22(33)16-34-25-31-30-23(18-10-12-27-13-11-18)32(25)20-4-2-1-3-5-20/h1-13,15H,14,16H2,(H,28,29,33). The van der Waals surface area contributed by atoms with Gasteiger partial charge in [-0.25, -0.2) is 4.98 Å². The highest BCUT2D eigenvalue weighted by Gasteiger charge is 2.17. The van der Waals surface area contributed by atoms with Crippen LogP contribution in [0.1, 0.15) is 10.4 Å². The third-order valence-electron chi connectivity index (χ3n) is 5.01. The van der Waals surface area contributed by atoms with E-state index in [1.807, 2.05) is 65.4 Å². The van der Waals surface area contributed by atoms with Crippen molar-refractivity contribution in [3.05, 3.63) is 100 Å².